The fraction of sp³-hybridized carbons (Fsp3) is 0.316. The zero-order chi connectivity index (χ0) is 19.3. The number of piperazine rings is 1. The average molecular weight is 452 g/mol. The number of benzene rings is 2. The molecule has 1 N–H and O–H groups in total. The summed E-state index contributed by atoms with van der Waals surface area (Å²) >= 11 is 3.36. The highest BCUT2D eigenvalue weighted by Gasteiger charge is 2.27. The Balaban J connectivity index is 1.48. The summed E-state index contributed by atoms with van der Waals surface area (Å²) in [5.74, 6) is -0.0874. The van der Waals surface area contributed by atoms with Gasteiger partial charge in [-0.05, 0) is 29.8 Å². The molecule has 0 spiro atoms. The van der Waals surface area contributed by atoms with E-state index in [0.29, 0.717) is 26.2 Å². The largest absolute Gasteiger partial charge is 0.325 e. The van der Waals surface area contributed by atoms with Crippen LogP contribution in [0.2, 0.25) is 0 Å². The van der Waals surface area contributed by atoms with Crippen LogP contribution in [0.15, 0.2) is 59.1 Å². The second kappa shape index (κ2) is 8.97. The zero-order valence-corrected chi connectivity index (χ0v) is 17.2. The summed E-state index contributed by atoms with van der Waals surface area (Å²) in [5.41, 5.74) is 1.53. The van der Waals surface area contributed by atoms with E-state index in [1.807, 2.05) is 59.5 Å². The van der Waals surface area contributed by atoms with Gasteiger partial charge in [0.2, 0.25) is 15.9 Å². The number of halogens is 1. The third kappa shape index (κ3) is 5.87. The standard InChI is InChI=1S/C19H22BrN3O3S/c20-17-6-8-18(9-7-17)21-19(24)14-22-10-12-23(13-11-22)27(25,26)15-16-4-2-1-3-5-16/h1-9H,10-15H2,(H,21,24). The molecular weight excluding hydrogens is 430 g/mol. The van der Waals surface area contributed by atoms with Crippen LogP contribution in [0.25, 0.3) is 0 Å². The molecule has 0 saturated carbocycles. The van der Waals surface area contributed by atoms with Crippen molar-refractivity contribution in [2.75, 3.05) is 38.0 Å². The summed E-state index contributed by atoms with van der Waals surface area (Å²) in [6.07, 6.45) is 0. The van der Waals surface area contributed by atoms with E-state index < -0.39 is 10.0 Å². The summed E-state index contributed by atoms with van der Waals surface area (Å²) in [5, 5.41) is 2.86. The Morgan fingerprint density at radius 2 is 1.59 bits per heavy atom. The normalized spacial score (nSPS) is 16.2. The highest BCUT2D eigenvalue weighted by Crippen LogP contribution is 2.15. The van der Waals surface area contributed by atoms with Crippen molar-refractivity contribution in [2.24, 2.45) is 0 Å². The number of amides is 1. The van der Waals surface area contributed by atoms with Gasteiger partial charge in [0, 0.05) is 36.3 Å². The van der Waals surface area contributed by atoms with Gasteiger partial charge in [-0.15, -0.1) is 0 Å². The fourth-order valence-electron chi connectivity index (χ4n) is 2.98. The molecule has 1 heterocycles. The maximum atomic E-state index is 12.6. The van der Waals surface area contributed by atoms with Crippen molar-refractivity contribution in [1.82, 2.24) is 9.21 Å². The Labute approximate surface area is 168 Å². The zero-order valence-electron chi connectivity index (χ0n) is 14.8. The Kier molecular flexibility index (Phi) is 6.64. The summed E-state index contributed by atoms with van der Waals surface area (Å²) in [7, 11) is -3.34. The van der Waals surface area contributed by atoms with Crippen LogP contribution < -0.4 is 5.32 Å². The maximum absolute atomic E-state index is 12.6. The third-order valence-corrected chi connectivity index (χ3v) is 6.79. The van der Waals surface area contributed by atoms with E-state index in [1.165, 1.54) is 4.31 Å². The number of carbonyl (C=O) groups excluding carboxylic acids is 1. The first-order valence-electron chi connectivity index (χ1n) is 8.72. The van der Waals surface area contributed by atoms with Crippen molar-refractivity contribution in [3.8, 4) is 0 Å². The molecule has 0 atom stereocenters. The predicted molar refractivity (Wildman–Crippen MR) is 110 cm³/mol. The predicted octanol–water partition coefficient (Wildman–Crippen LogP) is 2.54. The first-order chi connectivity index (χ1) is 12.9. The van der Waals surface area contributed by atoms with Gasteiger partial charge in [0.05, 0.1) is 12.3 Å². The van der Waals surface area contributed by atoms with Gasteiger partial charge in [-0.25, -0.2) is 8.42 Å². The van der Waals surface area contributed by atoms with Gasteiger partial charge in [-0.2, -0.15) is 4.31 Å². The first kappa shape index (κ1) is 20.0. The molecule has 1 aliphatic rings. The van der Waals surface area contributed by atoms with Crippen molar-refractivity contribution in [1.29, 1.82) is 0 Å². The molecule has 2 aromatic rings. The van der Waals surface area contributed by atoms with Crippen molar-refractivity contribution in [2.45, 2.75) is 5.75 Å². The number of nitrogens with one attached hydrogen (secondary N) is 1. The number of sulfonamides is 1. The molecule has 3 rings (SSSR count). The molecule has 1 amide bonds. The molecule has 2 aromatic carbocycles. The van der Waals surface area contributed by atoms with Gasteiger partial charge in [0.15, 0.2) is 0 Å². The number of carbonyl (C=O) groups is 1. The number of rotatable bonds is 6. The van der Waals surface area contributed by atoms with E-state index in [1.54, 1.807) is 0 Å². The summed E-state index contributed by atoms with van der Waals surface area (Å²) in [6, 6.07) is 16.6. The average Bonchev–Trinajstić information content (AvgIpc) is 2.64. The lowest BCUT2D eigenvalue weighted by Crippen LogP contribution is -2.50. The molecule has 27 heavy (non-hydrogen) atoms. The molecule has 0 unspecified atom stereocenters. The lowest BCUT2D eigenvalue weighted by molar-refractivity contribution is -0.117. The first-order valence-corrected chi connectivity index (χ1v) is 11.1. The van der Waals surface area contributed by atoms with E-state index in [-0.39, 0.29) is 18.2 Å². The smallest absolute Gasteiger partial charge is 0.238 e. The molecule has 1 aliphatic heterocycles. The van der Waals surface area contributed by atoms with Gasteiger partial charge in [0.1, 0.15) is 0 Å². The molecular formula is C19H22BrN3O3S. The molecule has 144 valence electrons. The van der Waals surface area contributed by atoms with E-state index >= 15 is 0 Å². The van der Waals surface area contributed by atoms with Gasteiger partial charge in [-0.1, -0.05) is 46.3 Å². The van der Waals surface area contributed by atoms with Crippen molar-refractivity contribution in [3.05, 3.63) is 64.6 Å². The van der Waals surface area contributed by atoms with Crippen LogP contribution in [-0.4, -0.2) is 56.3 Å². The lowest BCUT2D eigenvalue weighted by atomic mass is 10.2. The highest BCUT2D eigenvalue weighted by molar-refractivity contribution is 9.10. The number of anilines is 1. The second-order valence-electron chi connectivity index (χ2n) is 6.47. The summed E-state index contributed by atoms with van der Waals surface area (Å²) in [4.78, 5) is 14.2. The minimum Gasteiger partial charge on any atom is -0.325 e. The van der Waals surface area contributed by atoms with E-state index in [2.05, 4.69) is 21.2 Å². The Hall–Kier alpha value is -1.74. The van der Waals surface area contributed by atoms with Gasteiger partial charge < -0.3 is 5.32 Å². The molecule has 0 bridgehead atoms. The van der Waals surface area contributed by atoms with Gasteiger partial charge in [-0.3, -0.25) is 9.69 Å². The van der Waals surface area contributed by atoms with Crippen molar-refractivity contribution < 1.29 is 13.2 Å². The van der Waals surface area contributed by atoms with Crippen molar-refractivity contribution >= 4 is 37.5 Å². The van der Waals surface area contributed by atoms with Crippen LogP contribution in [0.3, 0.4) is 0 Å². The second-order valence-corrected chi connectivity index (χ2v) is 9.36. The van der Waals surface area contributed by atoms with Crippen LogP contribution >= 0.6 is 15.9 Å². The molecule has 1 saturated heterocycles. The molecule has 0 aromatic heterocycles. The Morgan fingerprint density at radius 3 is 2.22 bits per heavy atom. The Bertz CT molecular complexity index is 865. The van der Waals surface area contributed by atoms with Crippen LogP contribution in [0.5, 0.6) is 0 Å². The van der Waals surface area contributed by atoms with E-state index in [9.17, 15) is 13.2 Å². The quantitative estimate of drug-likeness (QED) is 0.732. The number of hydrogen-bond donors (Lipinski definition) is 1. The SMILES string of the molecule is O=C(CN1CCN(S(=O)(=O)Cc2ccccc2)CC1)Nc1ccc(Br)cc1. The minimum atomic E-state index is -3.34. The molecule has 0 radical (unpaired) electrons. The molecule has 8 heteroatoms. The van der Waals surface area contributed by atoms with Crippen molar-refractivity contribution in [3.63, 3.8) is 0 Å². The fourth-order valence-corrected chi connectivity index (χ4v) is 4.76. The topological polar surface area (TPSA) is 69.7 Å². The number of nitrogens with zero attached hydrogens (tertiary/aromatic N) is 2. The summed E-state index contributed by atoms with van der Waals surface area (Å²) in [6.45, 7) is 2.15. The Morgan fingerprint density at radius 1 is 0.963 bits per heavy atom. The van der Waals surface area contributed by atoms with Crippen LogP contribution in [0.1, 0.15) is 5.56 Å². The molecule has 0 aliphatic carbocycles. The molecule has 1 fully saturated rings. The summed E-state index contributed by atoms with van der Waals surface area (Å²) < 4.78 is 27.6. The van der Waals surface area contributed by atoms with Crippen LogP contribution in [0, 0.1) is 0 Å². The number of hydrogen-bond acceptors (Lipinski definition) is 4. The highest BCUT2D eigenvalue weighted by atomic mass is 79.9. The molecule has 6 nitrogen and oxygen atoms in total. The van der Waals surface area contributed by atoms with Gasteiger partial charge >= 0.3 is 0 Å². The maximum Gasteiger partial charge on any atom is 0.238 e. The minimum absolute atomic E-state index is 0.0118. The lowest BCUT2D eigenvalue weighted by Gasteiger charge is -2.33. The monoisotopic (exact) mass is 451 g/mol. The van der Waals surface area contributed by atoms with Crippen LogP contribution in [0.4, 0.5) is 5.69 Å². The van der Waals surface area contributed by atoms with E-state index in [0.717, 1.165) is 15.7 Å². The third-order valence-electron chi connectivity index (χ3n) is 4.41. The van der Waals surface area contributed by atoms with Crippen LogP contribution in [-0.2, 0) is 20.6 Å². The van der Waals surface area contributed by atoms with Gasteiger partial charge in [0.25, 0.3) is 0 Å². The van der Waals surface area contributed by atoms with E-state index in [4.69, 9.17) is 0 Å².